The van der Waals surface area contributed by atoms with Crippen molar-refractivity contribution in [1.29, 1.82) is 0 Å². The number of fused-ring (bicyclic) bond motifs is 1. The lowest BCUT2D eigenvalue weighted by Crippen LogP contribution is -2.30. The molecular formula is C14H13Cl2NO3. The molecule has 1 aliphatic rings. The van der Waals surface area contributed by atoms with E-state index in [1.807, 2.05) is 19.9 Å². The highest BCUT2D eigenvalue weighted by Crippen LogP contribution is 2.32. The van der Waals surface area contributed by atoms with Crippen LogP contribution in [0.5, 0.6) is 0 Å². The van der Waals surface area contributed by atoms with Gasteiger partial charge in [-0.3, -0.25) is 9.63 Å². The van der Waals surface area contributed by atoms with Crippen LogP contribution in [-0.4, -0.2) is 17.6 Å². The number of carbonyl (C=O) groups excluding carboxylic acids is 1. The van der Waals surface area contributed by atoms with Crippen LogP contribution in [0, 0.1) is 5.41 Å². The highest BCUT2D eigenvalue weighted by Gasteiger charge is 2.40. The van der Waals surface area contributed by atoms with E-state index in [2.05, 4.69) is 0 Å². The van der Waals surface area contributed by atoms with E-state index in [4.69, 9.17) is 32.5 Å². The fourth-order valence-corrected chi connectivity index (χ4v) is 2.58. The highest BCUT2D eigenvalue weighted by atomic mass is 35.5. The number of rotatable bonds is 2. The van der Waals surface area contributed by atoms with Crippen LogP contribution in [0.2, 0.25) is 10.2 Å². The largest absolute Gasteiger partial charge is 0.445 e. The first kappa shape index (κ1) is 13.7. The second kappa shape index (κ2) is 4.65. The molecule has 1 saturated heterocycles. The Hall–Kier alpha value is -1.23. The Morgan fingerprint density at radius 2 is 2.05 bits per heavy atom. The molecule has 2 aromatic rings. The quantitative estimate of drug-likeness (QED) is 0.840. The second-order valence-corrected chi connectivity index (χ2v) is 6.31. The molecule has 20 heavy (non-hydrogen) atoms. The number of nitrogens with zero attached hydrogens (tertiary/aromatic N) is 1. The molecule has 0 atom stereocenters. The van der Waals surface area contributed by atoms with Crippen LogP contribution in [-0.2, 0) is 16.2 Å². The first-order valence-electron chi connectivity index (χ1n) is 6.19. The first-order chi connectivity index (χ1) is 9.37. The number of benzene rings is 1. The van der Waals surface area contributed by atoms with E-state index in [0.717, 1.165) is 10.9 Å². The molecule has 0 spiro atoms. The number of halogens is 2. The van der Waals surface area contributed by atoms with Gasteiger partial charge in [0.25, 0.3) is 5.91 Å². The molecule has 0 N–H and O–H groups in total. The van der Waals surface area contributed by atoms with Crippen molar-refractivity contribution in [2.24, 2.45) is 5.41 Å². The third kappa shape index (κ3) is 2.28. The van der Waals surface area contributed by atoms with Crippen molar-refractivity contribution < 1.29 is 14.0 Å². The minimum Gasteiger partial charge on any atom is -0.445 e. The van der Waals surface area contributed by atoms with Gasteiger partial charge < -0.3 is 4.42 Å². The summed E-state index contributed by atoms with van der Waals surface area (Å²) >= 11 is 12.0. The lowest BCUT2D eigenvalue weighted by molar-refractivity contribution is -0.165. The summed E-state index contributed by atoms with van der Waals surface area (Å²) in [4.78, 5) is 17.6. The normalized spacial score (nSPS) is 18.2. The van der Waals surface area contributed by atoms with E-state index in [-0.39, 0.29) is 5.91 Å². The molecular weight excluding hydrogens is 301 g/mol. The van der Waals surface area contributed by atoms with Crippen molar-refractivity contribution in [3.05, 3.63) is 34.0 Å². The zero-order valence-electron chi connectivity index (χ0n) is 11.1. The van der Waals surface area contributed by atoms with Crippen LogP contribution in [0.15, 0.2) is 22.6 Å². The van der Waals surface area contributed by atoms with Crippen LogP contribution >= 0.6 is 23.2 Å². The van der Waals surface area contributed by atoms with Crippen molar-refractivity contribution in [1.82, 2.24) is 5.06 Å². The number of amides is 1. The molecule has 6 heteroatoms. The number of carbonyl (C=O) groups is 1. The SMILES string of the molecule is CC1(C)CON(Cc2cc3cc(Cl)oc3cc2Cl)C1=O. The van der Waals surface area contributed by atoms with Gasteiger partial charge in [-0.25, -0.2) is 5.06 Å². The number of hydroxylamine groups is 2. The maximum Gasteiger partial charge on any atom is 0.254 e. The van der Waals surface area contributed by atoms with Gasteiger partial charge in [0, 0.05) is 22.5 Å². The average molecular weight is 314 g/mol. The molecule has 0 saturated carbocycles. The van der Waals surface area contributed by atoms with Crippen molar-refractivity contribution >= 4 is 40.1 Å². The fraction of sp³-hybridized carbons (Fsp3) is 0.357. The predicted octanol–water partition coefficient (Wildman–Crippen LogP) is 4.04. The molecule has 0 bridgehead atoms. The fourth-order valence-electron chi connectivity index (χ4n) is 2.17. The van der Waals surface area contributed by atoms with Gasteiger partial charge in [0.15, 0.2) is 5.22 Å². The number of hydrogen-bond donors (Lipinski definition) is 0. The van der Waals surface area contributed by atoms with E-state index >= 15 is 0 Å². The third-order valence-electron chi connectivity index (χ3n) is 3.36. The van der Waals surface area contributed by atoms with Crippen molar-refractivity contribution in [2.45, 2.75) is 20.4 Å². The van der Waals surface area contributed by atoms with Gasteiger partial charge in [0.1, 0.15) is 5.58 Å². The molecule has 0 unspecified atom stereocenters. The van der Waals surface area contributed by atoms with Gasteiger partial charge in [-0.05, 0) is 37.1 Å². The third-order valence-corrected chi connectivity index (χ3v) is 3.89. The summed E-state index contributed by atoms with van der Waals surface area (Å²) in [5.74, 6) is -0.0427. The minimum absolute atomic E-state index is 0.0427. The summed E-state index contributed by atoms with van der Waals surface area (Å²) in [6.07, 6.45) is 0. The zero-order valence-corrected chi connectivity index (χ0v) is 12.6. The van der Waals surface area contributed by atoms with Crippen LogP contribution in [0.4, 0.5) is 0 Å². The molecule has 2 heterocycles. The van der Waals surface area contributed by atoms with Crippen molar-refractivity contribution in [2.75, 3.05) is 6.61 Å². The first-order valence-corrected chi connectivity index (χ1v) is 6.95. The standard InChI is InChI=1S/C14H13Cl2NO3/c1-14(2)7-19-17(13(14)18)6-9-3-8-4-12(16)20-11(8)5-10(9)15/h3-5H,6-7H2,1-2H3. The average Bonchev–Trinajstić information content (AvgIpc) is 2.83. The summed E-state index contributed by atoms with van der Waals surface area (Å²) in [6, 6.07) is 5.27. The molecule has 0 radical (unpaired) electrons. The van der Waals surface area contributed by atoms with E-state index < -0.39 is 5.41 Å². The Bertz CT molecular complexity index is 693. The topological polar surface area (TPSA) is 42.7 Å². The summed E-state index contributed by atoms with van der Waals surface area (Å²) in [7, 11) is 0. The maximum absolute atomic E-state index is 12.1. The Morgan fingerprint density at radius 3 is 2.70 bits per heavy atom. The Labute approximate surface area is 126 Å². The van der Waals surface area contributed by atoms with Gasteiger partial charge >= 0.3 is 0 Å². The Balaban J connectivity index is 1.91. The van der Waals surface area contributed by atoms with Crippen LogP contribution in [0.25, 0.3) is 11.0 Å². The Kier molecular flexibility index (Phi) is 3.20. The zero-order chi connectivity index (χ0) is 14.5. The Morgan fingerprint density at radius 1 is 1.30 bits per heavy atom. The summed E-state index contributed by atoms with van der Waals surface area (Å²) < 4.78 is 5.30. The van der Waals surface area contributed by atoms with Gasteiger partial charge in [-0.1, -0.05) is 11.6 Å². The highest BCUT2D eigenvalue weighted by molar-refractivity contribution is 6.32. The van der Waals surface area contributed by atoms with E-state index in [9.17, 15) is 4.79 Å². The number of furan rings is 1. The number of hydrogen-bond acceptors (Lipinski definition) is 3. The smallest absolute Gasteiger partial charge is 0.254 e. The summed E-state index contributed by atoms with van der Waals surface area (Å²) in [5, 5.41) is 3.03. The van der Waals surface area contributed by atoms with Crippen molar-refractivity contribution in [3.63, 3.8) is 0 Å². The lowest BCUT2D eigenvalue weighted by Gasteiger charge is -2.17. The monoisotopic (exact) mass is 313 g/mol. The van der Waals surface area contributed by atoms with E-state index in [1.165, 1.54) is 5.06 Å². The summed E-state index contributed by atoms with van der Waals surface area (Å²) in [6.45, 7) is 4.40. The van der Waals surface area contributed by atoms with Gasteiger partial charge in [0.05, 0.1) is 18.6 Å². The maximum atomic E-state index is 12.1. The lowest BCUT2D eigenvalue weighted by atomic mass is 9.95. The van der Waals surface area contributed by atoms with Gasteiger partial charge in [0.2, 0.25) is 0 Å². The van der Waals surface area contributed by atoms with Crippen LogP contribution in [0.3, 0.4) is 0 Å². The minimum atomic E-state index is -0.491. The molecule has 1 amide bonds. The van der Waals surface area contributed by atoms with E-state index in [0.29, 0.717) is 29.0 Å². The molecule has 3 rings (SSSR count). The molecule has 0 aliphatic carbocycles. The molecule has 1 aromatic carbocycles. The van der Waals surface area contributed by atoms with Crippen LogP contribution < -0.4 is 0 Å². The summed E-state index contributed by atoms with van der Waals surface area (Å²) in [5.41, 5.74) is 0.927. The molecule has 1 aromatic heterocycles. The molecule has 1 aliphatic heterocycles. The van der Waals surface area contributed by atoms with Crippen LogP contribution in [0.1, 0.15) is 19.4 Å². The van der Waals surface area contributed by atoms with Crippen molar-refractivity contribution in [3.8, 4) is 0 Å². The predicted molar refractivity (Wildman–Crippen MR) is 76.5 cm³/mol. The van der Waals surface area contributed by atoms with Gasteiger partial charge in [-0.15, -0.1) is 0 Å². The molecule has 1 fully saturated rings. The molecule has 106 valence electrons. The second-order valence-electron chi connectivity index (χ2n) is 5.53. The van der Waals surface area contributed by atoms with Gasteiger partial charge in [-0.2, -0.15) is 0 Å². The molecule has 4 nitrogen and oxygen atoms in total. The van der Waals surface area contributed by atoms with E-state index in [1.54, 1.807) is 12.1 Å².